The van der Waals surface area contributed by atoms with Gasteiger partial charge in [-0.25, -0.2) is 0 Å². The van der Waals surface area contributed by atoms with Gasteiger partial charge in [-0.1, -0.05) is 34.1 Å². The van der Waals surface area contributed by atoms with E-state index in [1.54, 1.807) is 0 Å². The van der Waals surface area contributed by atoms with Crippen LogP contribution in [0.2, 0.25) is 0 Å². The molecule has 1 aliphatic rings. The van der Waals surface area contributed by atoms with Gasteiger partial charge in [0, 0.05) is 0 Å². The maximum absolute atomic E-state index is 3.60. The summed E-state index contributed by atoms with van der Waals surface area (Å²) in [4.78, 5) is 0. The molecule has 0 heterocycles. The van der Waals surface area contributed by atoms with Crippen LogP contribution in [0.4, 0.5) is 0 Å². The smallest absolute Gasteiger partial charge is 0.00204 e. The normalized spacial score (nSPS) is 28.3. The van der Waals surface area contributed by atoms with Gasteiger partial charge in [0.25, 0.3) is 0 Å². The van der Waals surface area contributed by atoms with E-state index in [4.69, 9.17) is 0 Å². The lowest BCUT2D eigenvalue weighted by Crippen LogP contribution is -2.25. The van der Waals surface area contributed by atoms with Crippen LogP contribution in [0.5, 0.6) is 0 Å². The molecule has 2 atom stereocenters. The largest absolute Gasteiger partial charge is 0.316 e. The van der Waals surface area contributed by atoms with Crippen molar-refractivity contribution in [3.05, 3.63) is 0 Å². The number of hydrogen-bond donors (Lipinski definition) is 1. The van der Waals surface area contributed by atoms with Gasteiger partial charge in [0.1, 0.15) is 0 Å². The van der Waals surface area contributed by atoms with Crippen LogP contribution in [0, 0.1) is 17.3 Å². The number of hydrogen-bond acceptors (Lipinski definition) is 1. The average molecular weight is 197 g/mol. The monoisotopic (exact) mass is 197 g/mol. The summed E-state index contributed by atoms with van der Waals surface area (Å²) in [5.41, 5.74) is 0.482. The Labute approximate surface area is 89.7 Å². The summed E-state index contributed by atoms with van der Waals surface area (Å²) in [6, 6.07) is 0. The number of rotatable bonds is 4. The molecular formula is C13H27N. The van der Waals surface area contributed by atoms with Crippen LogP contribution >= 0.6 is 0 Å². The van der Waals surface area contributed by atoms with Crippen molar-refractivity contribution in [2.24, 2.45) is 17.3 Å². The first kappa shape index (κ1) is 12.0. The zero-order valence-corrected chi connectivity index (χ0v) is 10.4. The Morgan fingerprint density at radius 3 is 2.43 bits per heavy atom. The molecule has 0 aliphatic heterocycles. The summed E-state index contributed by atoms with van der Waals surface area (Å²) in [5.74, 6) is 1.94. The van der Waals surface area contributed by atoms with E-state index < -0.39 is 0 Å². The molecular weight excluding hydrogens is 170 g/mol. The fourth-order valence-electron chi connectivity index (χ4n) is 2.28. The van der Waals surface area contributed by atoms with E-state index >= 15 is 0 Å². The molecule has 0 aromatic heterocycles. The van der Waals surface area contributed by atoms with Crippen molar-refractivity contribution < 1.29 is 0 Å². The van der Waals surface area contributed by atoms with Gasteiger partial charge in [-0.2, -0.15) is 0 Å². The molecule has 1 saturated carbocycles. The molecule has 2 unspecified atom stereocenters. The van der Waals surface area contributed by atoms with Crippen molar-refractivity contribution in [2.45, 2.75) is 53.4 Å². The van der Waals surface area contributed by atoms with Gasteiger partial charge < -0.3 is 5.32 Å². The molecule has 1 rings (SSSR count). The molecule has 1 nitrogen and oxygen atoms in total. The molecule has 0 amide bonds. The SMILES string of the molecule is CC1CCC(CNCCC(C)(C)C)C1. The fourth-order valence-corrected chi connectivity index (χ4v) is 2.28. The Kier molecular flexibility index (Phi) is 4.43. The van der Waals surface area contributed by atoms with Crippen molar-refractivity contribution in [3.63, 3.8) is 0 Å². The molecule has 1 aliphatic carbocycles. The minimum atomic E-state index is 0.482. The summed E-state index contributed by atoms with van der Waals surface area (Å²) in [7, 11) is 0. The second-order valence-corrected chi connectivity index (χ2v) is 6.30. The van der Waals surface area contributed by atoms with Gasteiger partial charge >= 0.3 is 0 Å². The topological polar surface area (TPSA) is 12.0 Å². The highest BCUT2D eigenvalue weighted by atomic mass is 14.9. The molecule has 0 aromatic rings. The quantitative estimate of drug-likeness (QED) is 0.681. The summed E-state index contributed by atoms with van der Waals surface area (Å²) in [6.07, 6.45) is 5.63. The Hall–Kier alpha value is -0.0400. The average Bonchev–Trinajstić information content (AvgIpc) is 2.44. The molecule has 1 heteroatoms. The molecule has 0 spiro atoms. The van der Waals surface area contributed by atoms with E-state index in [0.717, 1.165) is 11.8 Å². The Morgan fingerprint density at radius 1 is 1.21 bits per heavy atom. The third-order valence-corrected chi connectivity index (χ3v) is 3.29. The third-order valence-electron chi connectivity index (χ3n) is 3.29. The van der Waals surface area contributed by atoms with Crippen molar-refractivity contribution in [1.29, 1.82) is 0 Å². The summed E-state index contributed by atoms with van der Waals surface area (Å²) >= 11 is 0. The summed E-state index contributed by atoms with van der Waals surface area (Å²) < 4.78 is 0. The molecule has 0 radical (unpaired) electrons. The van der Waals surface area contributed by atoms with Gasteiger partial charge in [0.15, 0.2) is 0 Å². The second-order valence-electron chi connectivity index (χ2n) is 6.30. The van der Waals surface area contributed by atoms with Gasteiger partial charge in [-0.05, 0) is 49.6 Å². The van der Waals surface area contributed by atoms with Gasteiger partial charge in [0.05, 0.1) is 0 Å². The summed E-state index contributed by atoms with van der Waals surface area (Å²) in [6.45, 7) is 11.8. The lowest BCUT2D eigenvalue weighted by molar-refractivity contribution is 0.356. The minimum absolute atomic E-state index is 0.482. The molecule has 84 valence electrons. The lowest BCUT2D eigenvalue weighted by atomic mass is 9.92. The predicted molar refractivity (Wildman–Crippen MR) is 63.4 cm³/mol. The Morgan fingerprint density at radius 2 is 1.93 bits per heavy atom. The van der Waals surface area contributed by atoms with Crippen LogP contribution in [0.25, 0.3) is 0 Å². The van der Waals surface area contributed by atoms with Crippen LogP contribution in [-0.2, 0) is 0 Å². The van der Waals surface area contributed by atoms with E-state index in [0.29, 0.717) is 5.41 Å². The van der Waals surface area contributed by atoms with Crippen LogP contribution < -0.4 is 5.32 Å². The van der Waals surface area contributed by atoms with Crippen LogP contribution in [0.3, 0.4) is 0 Å². The van der Waals surface area contributed by atoms with Crippen LogP contribution in [0.1, 0.15) is 53.4 Å². The van der Waals surface area contributed by atoms with Crippen LogP contribution in [-0.4, -0.2) is 13.1 Å². The van der Waals surface area contributed by atoms with E-state index in [1.807, 2.05) is 0 Å². The molecule has 14 heavy (non-hydrogen) atoms. The van der Waals surface area contributed by atoms with Crippen molar-refractivity contribution in [3.8, 4) is 0 Å². The van der Waals surface area contributed by atoms with E-state index in [-0.39, 0.29) is 0 Å². The minimum Gasteiger partial charge on any atom is -0.316 e. The van der Waals surface area contributed by atoms with Gasteiger partial charge in [0.2, 0.25) is 0 Å². The highest BCUT2D eigenvalue weighted by Gasteiger charge is 2.20. The standard InChI is InChI=1S/C13H27N/c1-11-5-6-12(9-11)10-14-8-7-13(2,3)4/h11-12,14H,5-10H2,1-4H3. The highest BCUT2D eigenvalue weighted by molar-refractivity contribution is 4.74. The fraction of sp³-hybridized carbons (Fsp3) is 1.00. The van der Waals surface area contributed by atoms with Crippen LogP contribution in [0.15, 0.2) is 0 Å². The van der Waals surface area contributed by atoms with Crippen molar-refractivity contribution in [1.82, 2.24) is 5.32 Å². The van der Waals surface area contributed by atoms with Gasteiger partial charge in [-0.15, -0.1) is 0 Å². The first-order valence-corrected chi connectivity index (χ1v) is 6.18. The van der Waals surface area contributed by atoms with E-state index in [9.17, 15) is 0 Å². The third kappa shape index (κ3) is 4.99. The Bertz CT molecular complexity index is 157. The lowest BCUT2D eigenvalue weighted by Gasteiger charge is -2.19. The zero-order chi connectivity index (χ0) is 10.6. The van der Waals surface area contributed by atoms with E-state index in [2.05, 4.69) is 33.0 Å². The first-order chi connectivity index (χ1) is 6.47. The molecule has 1 fully saturated rings. The molecule has 0 bridgehead atoms. The number of nitrogens with one attached hydrogen (secondary N) is 1. The summed E-state index contributed by atoms with van der Waals surface area (Å²) in [5, 5.41) is 3.60. The molecule has 1 N–H and O–H groups in total. The second kappa shape index (κ2) is 5.16. The van der Waals surface area contributed by atoms with Crippen molar-refractivity contribution >= 4 is 0 Å². The molecule has 0 saturated heterocycles. The first-order valence-electron chi connectivity index (χ1n) is 6.18. The van der Waals surface area contributed by atoms with Gasteiger partial charge in [-0.3, -0.25) is 0 Å². The van der Waals surface area contributed by atoms with Crippen molar-refractivity contribution in [2.75, 3.05) is 13.1 Å². The maximum Gasteiger partial charge on any atom is -0.00204 e. The Balaban J connectivity index is 1.99. The zero-order valence-electron chi connectivity index (χ0n) is 10.4. The van der Waals surface area contributed by atoms with E-state index in [1.165, 1.54) is 38.8 Å². The molecule has 0 aromatic carbocycles. The predicted octanol–water partition coefficient (Wildman–Crippen LogP) is 3.45. The maximum atomic E-state index is 3.60. The highest BCUT2D eigenvalue weighted by Crippen LogP contribution is 2.29.